The average Bonchev–Trinajstić information content (AvgIpc) is 3.38. The van der Waals surface area contributed by atoms with Gasteiger partial charge in [0.1, 0.15) is 29.4 Å². The van der Waals surface area contributed by atoms with E-state index in [1.54, 1.807) is 47.6 Å². The van der Waals surface area contributed by atoms with Gasteiger partial charge in [0.2, 0.25) is 0 Å². The number of aliphatic hydroxyl groups excluding tert-OH is 1. The lowest BCUT2D eigenvalue weighted by atomic mass is 9.94. The minimum Gasteiger partial charge on any atom is -0.467 e. The van der Waals surface area contributed by atoms with Crippen LogP contribution in [-0.4, -0.2) is 117 Å². The van der Waals surface area contributed by atoms with Crippen LogP contribution in [0, 0.1) is 11.8 Å². The summed E-state index contributed by atoms with van der Waals surface area (Å²) < 4.78 is 48.1. The number of allylic oxidation sites excluding steroid dienone is 2. The number of hydrogen-bond donors (Lipinski definition) is 1. The van der Waals surface area contributed by atoms with E-state index in [4.69, 9.17) is 23.1 Å². The predicted octanol–water partition coefficient (Wildman–Crippen LogP) is 2.65. The van der Waals surface area contributed by atoms with Crippen molar-refractivity contribution in [3.63, 3.8) is 0 Å². The molecule has 15 heteroatoms. The third kappa shape index (κ3) is 11.4. The highest BCUT2D eigenvalue weighted by atomic mass is 32.2. The normalized spacial score (nSPS) is 25.3. The fourth-order valence-electron chi connectivity index (χ4n) is 4.91. The first kappa shape index (κ1) is 38.9. The number of nitrogens with zero attached hydrogens (tertiary/aromatic N) is 2. The maximum atomic E-state index is 12.4. The molecule has 6 atom stereocenters. The molecule has 14 nitrogen and oxygen atoms in total. The van der Waals surface area contributed by atoms with Crippen molar-refractivity contribution in [1.82, 2.24) is 9.80 Å². The number of carbonyl (C=O) groups is 4. The zero-order chi connectivity index (χ0) is 34.2. The van der Waals surface area contributed by atoms with E-state index in [2.05, 4.69) is 13.2 Å². The second-order valence-electron chi connectivity index (χ2n) is 12.5. The molecule has 0 aromatic rings. The molecule has 2 heterocycles. The van der Waals surface area contributed by atoms with Crippen molar-refractivity contribution in [2.45, 2.75) is 89.9 Å². The lowest BCUT2D eigenvalue weighted by Gasteiger charge is -2.28. The minimum absolute atomic E-state index is 0.0488. The molecule has 0 radical (unpaired) electrons. The summed E-state index contributed by atoms with van der Waals surface area (Å²) in [5.41, 5.74) is -1.43. The van der Waals surface area contributed by atoms with Crippen molar-refractivity contribution in [2.24, 2.45) is 11.8 Å². The molecule has 2 aliphatic rings. The number of β-amino-alcohol motifs (C(OH)–C–C–N with tert-alkyl or cyclic N) is 1. The van der Waals surface area contributed by atoms with Crippen LogP contribution in [-0.2, 0) is 42.8 Å². The van der Waals surface area contributed by atoms with Gasteiger partial charge in [0.05, 0.1) is 39.7 Å². The summed E-state index contributed by atoms with van der Waals surface area (Å²) >= 11 is 0. The topological polar surface area (TPSA) is 175 Å². The fourth-order valence-corrected chi connectivity index (χ4v) is 5.56. The quantitative estimate of drug-likeness (QED) is 0.177. The fraction of sp³-hybridized carbons (Fsp3) is 0.724. The van der Waals surface area contributed by atoms with Gasteiger partial charge in [-0.15, -0.1) is 13.2 Å². The van der Waals surface area contributed by atoms with Crippen LogP contribution < -0.4 is 0 Å². The van der Waals surface area contributed by atoms with Crippen LogP contribution in [0.3, 0.4) is 0 Å². The molecule has 2 aliphatic heterocycles. The molecule has 2 fully saturated rings. The Bertz CT molecular complexity index is 1160. The number of esters is 2. The van der Waals surface area contributed by atoms with E-state index in [9.17, 15) is 32.7 Å². The number of ether oxygens (including phenoxy) is 4. The van der Waals surface area contributed by atoms with Gasteiger partial charge in [0.15, 0.2) is 0 Å². The van der Waals surface area contributed by atoms with E-state index in [-0.39, 0.29) is 19.5 Å². The number of methoxy groups -OCH3 is 2. The largest absolute Gasteiger partial charge is 0.467 e. The zero-order valence-electron chi connectivity index (χ0n) is 27.1. The first-order valence-electron chi connectivity index (χ1n) is 14.0. The summed E-state index contributed by atoms with van der Waals surface area (Å²) in [6.07, 6.45) is 1.73. The molecule has 0 aromatic carbocycles. The Morgan fingerprint density at radius 1 is 0.795 bits per heavy atom. The second kappa shape index (κ2) is 15.7. The maximum Gasteiger partial charge on any atom is 0.411 e. The summed E-state index contributed by atoms with van der Waals surface area (Å²) in [6, 6.07) is -1.85. The van der Waals surface area contributed by atoms with E-state index in [0.717, 1.165) is 11.2 Å². The van der Waals surface area contributed by atoms with Crippen LogP contribution >= 0.6 is 0 Å². The summed E-state index contributed by atoms with van der Waals surface area (Å²) in [7, 11) is -1.31. The molecule has 0 saturated carbocycles. The third-order valence-corrected chi connectivity index (χ3v) is 7.13. The molecule has 0 aliphatic carbocycles. The summed E-state index contributed by atoms with van der Waals surface area (Å²) in [5, 5.41) is 10.0. The maximum absolute atomic E-state index is 12.4. The molecule has 252 valence electrons. The SMILES string of the molecule is C=CC[C@@H]1[C@H](O)CN(C(=O)OC(C)(C)C)[C@@H]1C(=O)OC.C=CC[C@H]1[C@@H](C(=O)OC)N(C(=O)OC(C)(C)C)C[C@H]1OS(C)(=O)=O. The third-order valence-electron chi connectivity index (χ3n) is 6.53. The minimum atomic E-state index is -3.76. The number of likely N-dealkylation sites (tertiary alicyclic amines) is 2. The second-order valence-corrected chi connectivity index (χ2v) is 14.1. The van der Waals surface area contributed by atoms with Crippen LogP contribution in [0.25, 0.3) is 0 Å². The Hall–Kier alpha value is -3.17. The number of rotatable bonds is 8. The van der Waals surface area contributed by atoms with Gasteiger partial charge in [0, 0.05) is 11.8 Å². The smallest absolute Gasteiger partial charge is 0.411 e. The number of carbonyl (C=O) groups excluding carboxylic acids is 4. The molecule has 0 spiro atoms. The molecule has 0 bridgehead atoms. The van der Waals surface area contributed by atoms with Crippen molar-refractivity contribution < 1.29 is 55.8 Å². The van der Waals surface area contributed by atoms with Crippen molar-refractivity contribution in [3.8, 4) is 0 Å². The van der Waals surface area contributed by atoms with E-state index >= 15 is 0 Å². The van der Waals surface area contributed by atoms with Crippen LogP contribution in [0.5, 0.6) is 0 Å². The number of aliphatic hydroxyl groups is 1. The van der Waals surface area contributed by atoms with Gasteiger partial charge in [-0.3, -0.25) is 14.0 Å². The van der Waals surface area contributed by atoms with E-state index in [1.165, 1.54) is 25.2 Å². The van der Waals surface area contributed by atoms with Gasteiger partial charge < -0.3 is 24.1 Å². The van der Waals surface area contributed by atoms with Gasteiger partial charge in [-0.1, -0.05) is 12.2 Å². The Labute approximate surface area is 260 Å². The van der Waals surface area contributed by atoms with Crippen molar-refractivity contribution >= 4 is 34.2 Å². The molecule has 0 aromatic heterocycles. The van der Waals surface area contributed by atoms with Crippen molar-refractivity contribution in [3.05, 3.63) is 25.3 Å². The molecule has 1 N–H and O–H groups in total. The zero-order valence-corrected chi connectivity index (χ0v) is 27.9. The van der Waals surface area contributed by atoms with Crippen molar-refractivity contribution in [2.75, 3.05) is 33.6 Å². The first-order chi connectivity index (χ1) is 20.1. The highest BCUT2D eigenvalue weighted by molar-refractivity contribution is 7.86. The van der Waals surface area contributed by atoms with Crippen LogP contribution in [0.15, 0.2) is 25.3 Å². The predicted molar refractivity (Wildman–Crippen MR) is 160 cm³/mol. The Morgan fingerprint density at radius 2 is 1.18 bits per heavy atom. The average molecular weight is 649 g/mol. The van der Waals surface area contributed by atoms with Gasteiger partial charge in [-0.05, 0) is 54.4 Å². The van der Waals surface area contributed by atoms with E-state index in [1.807, 2.05) is 0 Å². The lowest BCUT2D eigenvalue weighted by Crippen LogP contribution is -2.46. The molecular weight excluding hydrogens is 600 g/mol. The molecule has 0 unspecified atom stereocenters. The van der Waals surface area contributed by atoms with Gasteiger partial charge in [-0.2, -0.15) is 8.42 Å². The monoisotopic (exact) mass is 648 g/mol. The number of amides is 2. The summed E-state index contributed by atoms with van der Waals surface area (Å²) in [5.74, 6) is -2.24. The van der Waals surface area contributed by atoms with Gasteiger partial charge >= 0.3 is 24.1 Å². The Kier molecular flexibility index (Phi) is 13.9. The van der Waals surface area contributed by atoms with Gasteiger partial charge in [-0.25, -0.2) is 19.2 Å². The van der Waals surface area contributed by atoms with Crippen LogP contribution in [0.2, 0.25) is 0 Å². The lowest BCUT2D eigenvalue weighted by molar-refractivity contribution is -0.148. The van der Waals surface area contributed by atoms with Crippen LogP contribution in [0.1, 0.15) is 54.4 Å². The van der Waals surface area contributed by atoms with Crippen molar-refractivity contribution in [1.29, 1.82) is 0 Å². The Morgan fingerprint density at radius 3 is 1.55 bits per heavy atom. The molecule has 2 amide bonds. The molecule has 44 heavy (non-hydrogen) atoms. The van der Waals surface area contributed by atoms with E-state index in [0.29, 0.717) is 6.42 Å². The highest BCUT2D eigenvalue weighted by Crippen LogP contribution is 2.33. The highest BCUT2D eigenvalue weighted by Gasteiger charge is 2.51. The summed E-state index contributed by atoms with van der Waals surface area (Å²) in [6.45, 7) is 17.5. The van der Waals surface area contributed by atoms with Gasteiger partial charge in [0.25, 0.3) is 10.1 Å². The summed E-state index contributed by atoms with van der Waals surface area (Å²) in [4.78, 5) is 51.0. The first-order valence-corrected chi connectivity index (χ1v) is 15.8. The molecular formula is C29H48N2O12S. The van der Waals surface area contributed by atoms with Crippen LogP contribution in [0.4, 0.5) is 9.59 Å². The number of hydrogen-bond acceptors (Lipinski definition) is 12. The molecule has 2 saturated heterocycles. The standard InChI is InChI=1S/C15H25NO7S.C14H23NO5/c1-7-8-10-11(23-24(6,19)20)9-16(12(10)13(17)21-5)14(18)22-15(2,3)4;1-6-7-9-10(16)8-15(11(9)12(17)19-5)13(18)20-14(2,3)4/h7,10-12H,1,8-9H2,2-6H3;6,9-11,16H,1,7-8H2,2-5H3/t10-,11-,12+;9-,10-,11+/m11/s1. The Balaban J connectivity index is 0.000000447. The van der Waals surface area contributed by atoms with E-state index < -0.39 is 81.6 Å². The molecule has 2 rings (SSSR count).